The molecule has 4 heteroatoms. The van der Waals surface area contributed by atoms with Gasteiger partial charge in [-0.1, -0.05) is 6.92 Å². The fourth-order valence-electron chi connectivity index (χ4n) is 3.35. The Hall–Kier alpha value is -0.280. The lowest BCUT2D eigenvalue weighted by Gasteiger charge is -2.24. The molecular formula is C13H23ClN2O. The van der Waals surface area contributed by atoms with Crippen LogP contribution in [-0.4, -0.2) is 37.0 Å². The van der Waals surface area contributed by atoms with Crippen molar-refractivity contribution < 1.29 is 4.79 Å². The second-order valence-corrected chi connectivity index (χ2v) is 6.06. The molecular weight excluding hydrogens is 236 g/mol. The summed E-state index contributed by atoms with van der Waals surface area (Å²) in [4.78, 5) is 14.4. The number of halogens is 1. The number of likely N-dealkylation sites (tertiary alicyclic amines) is 1. The van der Waals surface area contributed by atoms with Crippen molar-refractivity contribution in [2.75, 3.05) is 26.2 Å². The molecule has 2 unspecified atom stereocenters. The van der Waals surface area contributed by atoms with Gasteiger partial charge in [0, 0.05) is 31.0 Å². The zero-order valence-corrected chi connectivity index (χ0v) is 11.4. The SMILES string of the molecule is CC(C(=O)N1CCC2(CCNC2)C1)C1CC1.Cl. The molecule has 98 valence electrons. The van der Waals surface area contributed by atoms with Crippen LogP contribution in [0.1, 0.15) is 32.6 Å². The van der Waals surface area contributed by atoms with E-state index in [9.17, 15) is 4.79 Å². The van der Waals surface area contributed by atoms with Crippen molar-refractivity contribution in [2.24, 2.45) is 17.3 Å². The van der Waals surface area contributed by atoms with Crippen molar-refractivity contribution in [3.8, 4) is 0 Å². The monoisotopic (exact) mass is 258 g/mol. The Morgan fingerprint density at radius 2 is 2.18 bits per heavy atom. The normalized spacial score (nSPS) is 33.8. The van der Waals surface area contributed by atoms with Crippen molar-refractivity contribution in [1.29, 1.82) is 0 Å². The highest BCUT2D eigenvalue weighted by Crippen LogP contribution is 2.40. The second kappa shape index (κ2) is 4.77. The lowest BCUT2D eigenvalue weighted by Crippen LogP contribution is -2.36. The lowest BCUT2D eigenvalue weighted by molar-refractivity contribution is -0.134. The van der Waals surface area contributed by atoms with E-state index in [0.29, 0.717) is 17.2 Å². The molecule has 3 aliphatic rings. The summed E-state index contributed by atoms with van der Waals surface area (Å²) in [6.45, 7) is 6.39. The first-order valence-electron chi connectivity index (χ1n) is 6.70. The van der Waals surface area contributed by atoms with E-state index in [1.807, 2.05) is 0 Å². The Labute approximate surface area is 110 Å². The van der Waals surface area contributed by atoms with Crippen LogP contribution in [0.5, 0.6) is 0 Å². The van der Waals surface area contributed by atoms with Crippen LogP contribution in [0, 0.1) is 17.3 Å². The van der Waals surface area contributed by atoms with Gasteiger partial charge in [0.25, 0.3) is 0 Å². The maximum Gasteiger partial charge on any atom is 0.225 e. The molecule has 2 aliphatic heterocycles. The zero-order chi connectivity index (χ0) is 11.2. The minimum Gasteiger partial charge on any atom is -0.342 e. The molecule has 1 N–H and O–H groups in total. The first-order valence-corrected chi connectivity index (χ1v) is 6.70. The smallest absolute Gasteiger partial charge is 0.225 e. The summed E-state index contributed by atoms with van der Waals surface area (Å²) < 4.78 is 0. The minimum atomic E-state index is 0. The number of carbonyl (C=O) groups is 1. The van der Waals surface area contributed by atoms with Gasteiger partial charge >= 0.3 is 0 Å². The highest BCUT2D eigenvalue weighted by Gasteiger charge is 2.44. The van der Waals surface area contributed by atoms with Crippen molar-refractivity contribution in [1.82, 2.24) is 10.2 Å². The minimum absolute atomic E-state index is 0. The van der Waals surface area contributed by atoms with E-state index in [-0.39, 0.29) is 18.3 Å². The molecule has 1 spiro atoms. The fourth-order valence-corrected chi connectivity index (χ4v) is 3.35. The first kappa shape index (κ1) is 13.2. The van der Waals surface area contributed by atoms with Crippen LogP contribution >= 0.6 is 12.4 Å². The van der Waals surface area contributed by atoms with Crippen molar-refractivity contribution in [3.63, 3.8) is 0 Å². The van der Waals surface area contributed by atoms with Gasteiger partial charge in [0.15, 0.2) is 0 Å². The van der Waals surface area contributed by atoms with Gasteiger partial charge in [-0.3, -0.25) is 4.79 Å². The predicted molar refractivity (Wildman–Crippen MR) is 70.3 cm³/mol. The molecule has 0 aromatic carbocycles. The van der Waals surface area contributed by atoms with E-state index in [1.165, 1.54) is 25.7 Å². The molecule has 3 rings (SSSR count). The number of carbonyl (C=O) groups excluding carboxylic acids is 1. The maximum absolute atomic E-state index is 12.3. The first-order chi connectivity index (χ1) is 7.70. The summed E-state index contributed by atoms with van der Waals surface area (Å²) in [5.41, 5.74) is 0.429. The number of nitrogens with one attached hydrogen (secondary N) is 1. The van der Waals surface area contributed by atoms with E-state index < -0.39 is 0 Å². The molecule has 1 saturated carbocycles. The van der Waals surface area contributed by atoms with Gasteiger partial charge < -0.3 is 10.2 Å². The second-order valence-electron chi connectivity index (χ2n) is 6.06. The standard InChI is InChI=1S/C13H22N2O.ClH/c1-10(11-2-3-11)12(16)15-7-5-13(9-15)4-6-14-8-13;/h10-11,14H,2-9H2,1H3;1H. The van der Waals surface area contributed by atoms with E-state index in [1.54, 1.807) is 0 Å². The Morgan fingerprint density at radius 1 is 1.41 bits per heavy atom. The molecule has 3 nitrogen and oxygen atoms in total. The molecule has 3 fully saturated rings. The fraction of sp³-hybridized carbons (Fsp3) is 0.923. The summed E-state index contributed by atoms with van der Waals surface area (Å²) in [5.74, 6) is 1.40. The van der Waals surface area contributed by atoms with E-state index in [2.05, 4.69) is 17.1 Å². The summed E-state index contributed by atoms with van der Waals surface area (Å²) in [6.07, 6.45) is 5.01. The number of amides is 1. The van der Waals surface area contributed by atoms with Gasteiger partial charge in [-0.2, -0.15) is 0 Å². The molecule has 0 bridgehead atoms. The van der Waals surface area contributed by atoms with Crippen LogP contribution in [0.2, 0.25) is 0 Å². The van der Waals surface area contributed by atoms with Crippen molar-refractivity contribution in [2.45, 2.75) is 32.6 Å². The Balaban J connectivity index is 0.00000108. The van der Waals surface area contributed by atoms with Gasteiger partial charge in [-0.05, 0) is 38.1 Å². The third-order valence-electron chi connectivity index (χ3n) is 4.80. The molecule has 2 atom stereocenters. The van der Waals surface area contributed by atoms with Gasteiger partial charge in [-0.25, -0.2) is 0 Å². The summed E-state index contributed by atoms with van der Waals surface area (Å²) in [5, 5.41) is 3.44. The largest absolute Gasteiger partial charge is 0.342 e. The van der Waals surface area contributed by atoms with Gasteiger partial charge in [-0.15, -0.1) is 12.4 Å². The molecule has 1 amide bonds. The third-order valence-corrected chi connectivity index (χ3v) is 4.80. The van der Waals surface area contributed by atoms with Crippen LogP contribution in [-0.2, 0) is 4.79 Å². The molecule has 2 saturated heterocycles. The quantitative estimate of drug-likeness (QED) is 0.817. The molecule has 0 aromatic heterocycles. The highest BCUT2D eigenvalue weighted by atomic mass is 35.5. The van der Waals surface area contributed by atoms with E-state index >= 15 is 0 Å². The van der Waals surface area contributed by atoms with Crippen LogP contribution in [0.3, 0.4) is 0 Å². The third kappa shape index (κ3) is 2.45. The van der Waals surface area contributed by atoms with E-state index in [0.717, 1.165) is 26.2 Å². The molecule has 0 radical (unpaired) electrons. The van der Waals surface area contributed by atoms with Gasteiger partial charge in [0.1, 0.15) is 0 Å². The van der Waals surface area contributed by atoms with Crippen LogP contribution in [0.4, 0.5) is 0 Å². The lowest BCUT2D eigenvalue weighted by atomic mass is 9.86. The molecule has 2 heterocycles. The van der Waals surface area contributed by atoms with Crippen molar-refractivity contribution >= 4 is 18.3 Å². The number of hydrogen-bond donors (Lipinski definition) is 1. The average Bonchev–Trinajstić information content (AvgIpc) is 2.92. The Morgan fingerprint density at radius 3 is 2.76 bits per heavy atom. The topological polar surface area (TPSA) is 32.3 Å². The Kier molecular flexibility index (Phi) is 3.69. The summed E-state index contributed by atoms with van der Waals surface area (Å²) >= 11 is 0. The van der Waals surface area contributed by atoms with Gasteiger partial charge in [0.2, 0.25) is 5.91 Å². The predicted octanol–water partition coefficient (Wildman–Crippen LogP) is 1.67. The van der Waals surface area contributed by atoms with Crippen LogP contribution in [0.25, 0.3) is 0 Å². The zero-order valence-electron chi connectivity index (χ0n) is 10.6. The Bertz CT molecular complexity index is 298. The summed E-state index contributed by atoms with van der Waals surface area (Å²) in [7, 11) is 0. The number of nitrogens with zero attached hydrogens (tertiary/aromatic N) is 1. The van der Waals surface area contributed by atoms with Crippen LogP contribution in [0.15, 0.2) is 0 Å². The maximum atomic E-state index is 12.3. The van der Waals surface area contributed by atoms with E-state index in [4.69, 9.17) is 0 Å². The summed E-state index contributed by atoms with van der Waals surface area (Å²) in [6, 6.07) is 0. The number of hydrogen-bond acceptors (Lipinski definition) is 2. The molecule has 17 heavy (non-hydrogen) atoms. The molecule has 1 aliphatic carbocycles. The van der Waals surface area contributed by atoms with Gasteiger partial charge in [0.05, 0.1) is 0 Å². The average molecular weight is 259 g/mol. The van der Waals surface area contributed by atoms with Crippen molar-refractivity contribution in [3.05, 3.63) is 0 Å². The molecule has 0 aromatic rings. The number of rotatable bonds is 2. The highest BCUT2D eigenvalue weighted by molar-refractivity contribution is 5.85. The van der Waals surface area contributed by atoms with Crippen LogP contribution < -0.4 is 5.32 Å².